The number of hydrogen-bond acceptors (Lipinski definition) is 1. The van der Waals surface area contributed by atoms with Crippen molar-refractivity contribution in [2.75, 3.05) is 6.61 Å². The van der Waals surface area contributed by atoms with E-state index in [1.54, 1.807) is 0 Å². The smallest absolute Gasteiger partial charge is 0.191 e. The lowest BCUT2D eigenvalue weighted by molar-refractivity contribution is 0.234. The van der Waals surface area contributed by atoms with Crippen LogP contribution in [0, 0.1) is 5.92 Å². The van der Waals surface area contributed by atoms with Gasteiger partial charge in [0.2, 0.25) is 0 Å². The molecule has 2 heteroatoms. The van der Waals surface area contributed by atoms with Gasteiger partial charge in [-0.2, -0.15) is 0 Å². The van der Waals surface area contributed by atoms with Gasteiger partial charge in [0.25, 0.3) is 0 Å². The average Bonchev–Trinajstić information content (AvgIpc) is 2.50. The van der Waals surface area contributed by atoms with Crippen molar-refractivity contribution in [3.05, 3.63) is 12.2 Å². The first-order valence-electron chi connectivity index (χ1n) is 5.62. The summed E-state index contributed by atoms with van der Waals surface area (Å²) in [6.45, 7) is 12.5. The molecule has 1 aliphatic rings. The van der Waals surface area contributed by atoms with Crippen molar-refractivity contribution < 1.29 is 4.43 Å². The zero-order valence-corrected chi connectivity index (χ0v) is 11.3. The summed E-state index contributed by atoms with van der Waals surface area (Å²) in [5.74, 6) is 0.754. The lowest BCUT2D eigenvalue weighted by atomic mass is 10.1. The second-order valence-electron chi connectivity index (χ2n) is 5.88. The van der Waals surface area contributed by atoms with Gasteiger partial charge in [-0.25, -0.2) is 0 Å². The Balaban J connectivity index is 2.36. The van der Waals surface area contributed by atoms with Crippen LogP contribution in [0.25, 0.3) is 0 Å². The Bertz CT molecular complexity index is 205. The Hall–Kier alpha value is -0.0831. The minimum Gasteiger partial charge on any atom is -0.417 e. The molecule has 0 N–H and O–H groups in total. The standard InChI is InChI=1S/C12H24OSi/c1-12(2,3)14(4,5)13-10-11-8-6-7-9-11/h6-7,11H,8-10H2,1-5H3. The Morgan fingerprint density at radius 3 is 2.14 bits per heavy atom. The minimum atomic E-state index is -1.50. The van der Waals surface area contributed by atoms with Gasteiger partial charge >= 0.3 is 0 Å². The van der Waals surface area contributed by atoms with E-state index in [9.17, 15) is 0 Å². The molecular weight excluding hydrogens is 188 g/mol. The summed E-state index contributed by atoms with van der Waals surface area (Å²) in [5.41, 5.74) is 0. The SMILES string of the molecule is CC(C)(C)[Si](C)(C)OCC1CC=CC1. The van der Waals surface area contributed by atoms with E-state index in [2.05, 4.69) is 46.0 Å². The molecule has 14 heavy (non-hydrogen) atoms. The van der Waals surface area contributed by atoms with Crippen molar-refractivity contribution in [1.82, 2.24) is 0 Å². The van der Waals surface area contributed by atoms with Crippen LogP contribution in [0.5, 0.6) is 0 Å². The molecule has 0 atom stereocenters. The third-order valence-corrected chi connectivity index (χ3v) is 8.09. The predicted molar refractivity (Wildman–Crippen MR) is 65.0 cm³/mol. The second kappa shape index (κ2) is 4.19. The summed E-state index contributed by atoms with van der Waals surface area (Å²) in [7, 11) is -1.50. The lowest BCUT2D eigenvalue weighted by Gasteiger charge is -2.37. The summed E-state index contributed by atoms with van der Waals surface area (Å²) in [5, 5.41) is 0.346. The fourth-order valence-electron chi connectivity index (χ4n) is 1.35. The van der Waals surface area contributed by atoms with Gasteiger partial charge in [0.15, 0.2) is 8.32 Å². The predicted octanol–water partition coefficient (Wildman–Crippen LogP) is 3.97. The first-order valence-corrected chi connectivity index (χ1v) is 8.53. The molecule has 0 heterocycles. The van der Waals surface area contributed by atoms with Gasteiger partial charge in [-0.15, -0.1) is 0 Å². The Labute approximate surface area is 89.7 Å². The molecule has 0 saturated carbocycles. The van der Waals surface area contributed by atoms with Crippen molar-refractivity contribution in [3.63, 3.8) is 0 Å². The van der Waals surface area contributed by atoms with Crippen LogP contribution in [0.15, 0.2) is 12.2 Å². The number of rotatable bonds is 3. The summed E-state index contributed by atoms with van der Waals surface area (Å²) in [6, 6.07) is 0. The highest BCUT2D eigenvalue weighted by Gasteiger charge is 2.37. The van der Waals surface area contributed by atoms with Gasteiger partial charge in [0, 0.05) is 6.61 Å². The minimum absolute atomic E-state index is 0.346. The van der Waals surface area contributed by atoms with E-state index in [0.717, 1.165) is 12.5 Å². The van der Waals surface area contributed by atoms with Crippen LogP contribution in [0.2, 0.25) is 18.1 Å². The molecule has 1 aliphatic carbocycles. The molecule has 82 valence electrons. The van der Waals surface area contributed by atoms with Gasteiger partial charge in [-0.1, -0.05) is 32.9 Å². The van der Waals surface area contributed by atoms with E-state index >= 15 is 0 Å². The van der Waals surface area contributed by atoms with Crippen molar-refractivity contribution in [2.45, 2.75) is 51.7 Å². The largest absolute Gasteiger partial charge is 0.417 e. The van der Waals surface area contributed by atoms with E-state index < -0.39 is 8.32 Å². The van der Waals surface area contributed by atoms with Crippen molar-refractivity contribution in [2.24, 2.45) is 5.92 Å². The van der Waals surface area contributed by atoms with E-state index in [1.807, 2.05) is 0 Å². The third kappa shape index (κ3) is 2.96. The Morgan fingerprint density at radius 1 is 1.21 bits per heavy atom. The topological polar surface area (TPSA) is 9.23 Å². The average molecular weight is 212 g/mol. The fraction of sp³-hybridized carbons (Fsp3) is 0.833. The first kappa shape index (κ1) is 12.0. The quantitative estimate of drug-likeness (QED) is 0.508. The zero-order chi connectivity index (χ0) is 10.8. The van der Waals surface area contributed by atoms with E-state index in [4.69, 9.17) is 4.43 Å². The summed E-state index contributed by atoms with van der Waals surface area (Å²) in [6.07, 6.45) is 6.99. The maximum Gasteiger partial charge on any atom is 0.191 e. The number of hydrogen-bond donors (Lipinski definition) is 0. The maximum atomic E-state index is 6.18. The van der Waals surface area contributed by atoms with Crippen molar-refractivity contribution in [3.8, 4) is 0 Å². The monoisotopic (exact) mass is 212 g/mol. The number of allylic oxidation sites excluding steroid dienone is 2. The highest BCUT2D eigenvalue weighted by Crippen LogP contribution is 2.37. The molecule has 0 aromatic rings. The highest BCUT2D eigenvalue weighted by atomic mass is 28.4. The molecule has 0 fully saturated rings. The summed E-state index contributed by atoms with van der Waals surface area (Å²) < 4.78 is 6.18. The van der Waals surface area contributed by atoms with Gasteiger partial charge in [0.1, 0.15) is 0 Å². The fourth-order valence-corrected chi connectivity index (χ4v) is 2.44. The van der Waals surface area contributed by atoms with Crippen LogP contribution in [0.1, 0.15) is 33.6 Å². The zero-order valence-electron chi connectivity index (χ0n) is 10.3. The first-order chi connectivity index (χ1) is 6.33. The van der Waals surface area contributed by atoms with Gasteiger partial charge in [-0.3, -0.25) is 0 Å². The van der Waals surface area contributed by atoms with Crippen LogP contribution < -0.4 is 0 Å². The lowest BCUT2D eigenvalue weighted by Crippen LogP contribution is -2.41. The Kier molecular flexibility index (Phi) is 3.59. The van der Waals surface area contributed by atoms with E-state index in [0.29, 0.717) is 5.04 Å². The third-order valence-electron chi connectivity index (χ3n) is 3.59. The molecule has 0 amide bonds. The molecule has 0 bridgehead atoms. The molecule has 0 aromatic carbocycles. The molecular formula is C12H24OSi. The molecule has 0 unspecified atom stereocenters. The van der Waals surface area contributed by atoms with E-state index in [1.165, 1.54) is 12.8 Å². The van der Waals surface area contributed by atoms with Crippen LogP contribution in [0.3, 0.4) is 0 Å². The van der Waals surface area contributed by atoms with Gasteiger partial charge < -0.3 is 4.43 Å². The van der Waals surface area contributed by atoms with Crippen molar-refractivity contribution >= 4 is 8.32 Å². The van der Waals surface area contributed by atoms with Gasteiger partial charge in [0.05, 0.1) is 0 Å². The van der Waals surface area contributed by atoms with Crippen LogP contribution in [0.4, 0.5) is 0 Å². The molecule has 0 spiro atoms. The van der Waals surface area contributed by atoms with Crippen molar-refractivity contribution in [1.29, 1.82) is 0 Å². The van der Waals surface area contributed by atoms with Gasteiger partial charge in [-0.05, 0) is 36.9 Å². The maximum absolute atomic E-state index is 6.18. The molecule has 0 radical (unpaired) electrons. The summed E-state index contributed by atoms with van der Waals surface area (Å²) >= 11 is 0. The molecule has 0 aliphatic heterocycles. The molecule has 0 saturated heterocycles. The molecule has 0 aromatic heterocycles. The normalized spacial score (nSPS) is 19.2. The Morgan fingerprint density at radius 2 is 1.71 bits per heavy atom. The van der Waals surface area contributed by atoms with Crippen LogP contribution in [-0.4, -0.2) is 14.9 Å². The molecule has 1 nitrogen and oxygen atoms in total. The van der Waals surface area contributed by atoms with E-state index in [-0.39, 0.29) is 0 Å². The second-order valence-corrected chi connectivity index (χ2v) is 10.7. The highest BCUT2D eigenvalue weighted by molar-refractivity contribution is 6.74. The van der Waals surface area contributed by atoms with Crippen LogP contribution in [-0.2, 0) is 4.43 Å². The summed E-state index contributed by atoms with van der Waals surface area (Å²) in [4.78, 5) is 0. The van der Waals surface area contributed by atoms with Crippen LogP contribution >= 0.6 is 0 Å². The molecule has 1 rings (SSSR count).